The van der Waals surface area contributed by atoms with E-state index in [1.807, 2.05) is 12.4 Å². The van der Waals surface area contributed by atoms with Crippen LogP contribution in [-0.2, 0) is 13.0 Å². The van der Waals surface area contributed by atoms with Gasteiger partial charge in [-0.3, -0.25) is 4.99 Å². The summed E-state index contributed by atoms with van der Waals surface area (Å²) in [5, 5.41) is 7.90. The second-order valence-electron chi connectivity index (χ2n) is 6.54. The van der Waals surface area contributed by atoms with E-state index in [0.717, 1.165) is 49.4 Å². The Morgan fingerprint density at radius 3 is 2.81 bits per heavy atom. The number of piperidine rings is 1. The number of guanidine groups is 1. The standard InChI is InChI=1S/C19H28N6S/c1-15-13-23-18(26-15)7-9-22-19(20-2)24-14-16-6-8-21-17(12-16)25-10-4-3-5-11-25/h6,8,12-13H,3-5,7,9-11,14H2,1-2H3,(H2,20,22,24). The highest BCUT2D eigenvalue weighted by atomic mass is 32.1. The molecule has 0 bridgehead atoms. The summed E-state index contributed by atoms with van der Waals surface area (Å²) in [6.45, 7) is 5.87. The molecule has 140 valence electrons. The molecule has 26 heavy (non-hydrogen) atoms. The maximum absolute atomic E-state index is 4.54. The summed E-state index contributed by atoms with van der Waals surface area (Å²) in [6, 6.07) is 4.25. The van der Waals surface area contributed by atoms with Crippen molar-refractivity contribution in [1.82, 2.24) is 20.6 Å². The van der Waals surface area contributed by atoms with Crippen LogP contribution in [-0.4, -0.2) is 42.6 Å². The fourth-order valence-electron chi connectivity index (χ4n) is 3.08. The van der Waals surface area contributed by atoms with Gasteiger partial charge >= 0.3 is 0 Å². The van der Waals surface area contributed by atoms with E-state index in [1.165, 1.54) is 29.7 Å². The molecule has 2 N–H and O–H groups in total. The third-order valence-electron chi connectivity index (χ3n) is 4.47. The highest BCUT2D eigenvalue weighted by molar-refractivity contribution is 7.11. The minimum Gasteiger partial charge on any atom is -0.357 e. The molecule has 7 heteroatoms. The highest BCUT2D eigenvalue weighted by Crippen LogP contribution is 2.18. The maximum atomic E-state index is 4.54. The second kappa shape index (κ2) is 9.52. The van der Waals surface area contributed by atoms with Crippen LogP contribution in [0.5, 0.6) is 0 Å². The summed E-state index contributed by atoms with van der Waals surface area (Å²) >= 11 is 1.75. The number of aromatic nitrogens is 2. The molecular weight excluding hydrogens is 344 g/mol. The minimum atomic E-state index is 0.736. The number of hydrogen-bond acceptors (Lipinski definition) is 5. The van der Waals surface area contributed by atoms with Crippen molar-refractivity contribution in [3.63, 3.8) is 0 Å². The van der Waals surface area contributed by atoms with E-state index in [2.05, 4.69) is 49.6 Å². The van der Waals surface area contributed by atoms with Crippen molar-refractivity contribution < 1.29 is 0 Å². The Balaban J connectivity index is 1.47. The predicted molar refractivity (Wildman–Crippen MR) is 109 cm³/mol. The Kier molecular flexibility index (Phi) is 6.82. The molecule has 1 saturated heterocycles. The Hall–Kier alpha value is -2.15. The van der Waals surface area contributed by atoms with E-state index in [0.29, 0.717) is 0 Å². The second-order valence-corrected chi connectivity index (χ2v) is 7.86. The van der Waals surface area contributed by atoms with Crippen molar-refractivity contribution >= 4 is 23.1 Å². The quantitative estimate of drug-likeness (QED) is 0.603. The van der Waals surface area contributed by atoms with Gasteiger partial charge in [-0.1, -0.05) is 0 Å². The maximum Gasteiger partial charge on any atom is 0.191 e. The number of nitrogens with one attached hydrogen (secondary N) is 2. The zero-order valence-electron chi connectivity index (χ0n) is 15.7. The minimum absolute atomic E-state index is 0.736. The van der Waals surface area contributed by atoms with Gasteiger partial charge in [-0.25, -0.2) is 9.97 Å². The van der Waals surface area contributed by atoms with E-state index >= 15 is 0 Å². The smallest absolute Gasteiger partial charge is 0.191 e. The van der Waals surface area contributed by atoms with Gasteiger partial charge in [-0.2, -0.15) is 0 Å². The van der Waals surface area contributed by atoms with Crippen LogP contribution in [0.3, 0.4) is 0 Å². The zero-order valence-corrected chi connectivity index (χ0v) is 16.5. The van der Waals surface area contributed by atoms with E-state index in [9.17, 15) is 0 Å². The fourth-order valence-corrected chi connectivity index (χ4v) is 3.86. The molecule has 0 atom stereocenters. The van der Waals surface area contributed by atoms with E-state index in [4.69, 9.17) is 0 Å². The molecule has 2 aromatic rings. The lowest BCUT2D eigenvalue weighted by Gasteiger charge is -2.28. The SMILES string of the molecule is CN=C(NCCc1ncc(C)s1)NCc1ccnc(N2CCCCC2)c1. The molecule has 0 aromatic carbocycles. The van der Waals surface area contributed by atoms with Gasteiger partial charge in [-0.15, -0.1) is 11.3 Å². The third-order valence-corrected chi connectivity index (χ3v) is 5.45. The van der Waals surface area contributed by atoms with Crippen LogP contribution in [0, 0.1) is 6.92 Å². The summed E-state index contributed by atoms with van der Waals surface area (Å²) in [7, 11) is 1.80. The molecular formula is C19H28N6S. The van der Waals surface area contributed by atoms with Gasteiger partial charge in [0, 0.05) is 56.9 Å². The molecule has 1 aliphatic rings. The lowest BCUT2D eigenvalue weighted by molar-refractivity contribution is 0.573. The summed E-state index contributed by atoms with van der Waals surface area (Å²) in [6.07, 6.45) is 8.60. The van der Waals surface area contributed by atoms with Crippen LogP contribution in [0.4, 0.5) is 5.82 Å². The number of aryl methyl sites for hydroxylation is 1. The third kappa shape index (κ3) is 5.42. The first-order valence-electron chi connectivity index (χ1n) is 9.30. The average Bonchev–Trinajstić information content (AvgIpc) is 3.10. The highest BCUT2D eigenvalue weighted by Gasteiger charge is 2.12. The molecule has 1 fully saturated rings. The largest absolute Gasteiger partial charge is 0.357 e. The van der Waals surface area contributed by atoms with Gasteiger partial charge < -0.3 is 15.5 Å². The molecule has 0 amide bonds. The number of anilines is 1. The molecule has 0 unspecified atom stereocenters. The molecule has 6 nitrogen and oxygen atoms in total. The number of rotatable bonds is 6. The molecule has 3 rings (SSSR count). The van der Waals surface area contributed by atoms with E-state index < -0.39 is 0 Å². The summed E-state index contributed by atoms with van der Waals surface area (Å²) in [5.74, 6) is 1.90. The number of nitrogens with zero attached hydrogens (tertiary/aromatic N) is 4. The lowest BCUT2D eigenvalue weighted by atomic mass is 10.1. The van der Waals surface area contributed by atoms with Crippen LogP contribution >= 0.6 is 11.3 Å². The van der Waals surface area contributed by atoms with Crippen molar-refractivity contribution in [2.24, 2.45) is 4.99 Å². The number of hydrogen-bond donors (Lipinski definition) is 2. The van der Waals surface area contributed by atoms with Gasteiger partial charge in [0.2, 0.25) is 0 Å². The molecule has 0 aliphatic carbocycles. The molecule has 0 spiro atoms. The number of pyridine rings is 1. The monoisotopic (exact) mass is 372 g/mol. The van der Waals surface area contributed by atoms with Gasteiger partial charge in [0.05, 0.1) is 5.01 Å². The summed E-state index contributed by atoms with van der Waals surface area (Å²) in [5.41, 5.74) is 1.22. The lowest BCUT2D eigenvalue weighted by Crippen LogP contribution is -2.38. The average molecular weight is 373 g/mol. The number of thiazole rings is 1. The van der Waals surface area contributed by atoms with Crippen LogP contribution < -0.4 is 15.5 Å². The first kappa shape index (κ1) is 18.6. The Labute approximate surface area is 159 Å². The van der Waals surface area contributed by atoms with Crippen molar-refractivity contribution in [3.05, 3.63) is 40.0 Å². The molecule has 0 saturated carbocycles. The first-order valence-corrected chi connectivity index (χ1v) is 10.1. The van der Waals surface area contributed by atoms with Crippen LogP contribution in [0.15, 0.2) is 29.5 Å². The Bertz CT molecular complexity index is 720. The molecule has 0 radical (unpaired) electrons. The number of aliphatic imine (C=N–C) groups is 1. The van der Waals surface area contributed by atoms with Gasteiger partial charge in [0.25, 0.3) is 0 Å². The van der Waals surface area contributed by atoms with Gasteiger partial charge in [0.1, 0.15) is 5.82 Å². The fraction of sp³-hybridized carbons (Fsp3) is 0.526. The van der Waals surface area contributed by atoms with Crippen LogP contribution in [0.2, 0.25) is 0 Å². The summed E-state index contributed by atoms with van der Waals surface area (Å²) < 4.78 is 0. The molecule has 3 heterocycles. The Morgan fingerprint density at radius 1 is 1.23 bits per heavy atom. The molecule has 2 aromatic heterocycles. The Morgan fingerprint density at radius 2 is 2.08 bits per heavy atom. The van der Waals surface area contributed by atoms with Gasteiger partial charge in [0.15, 0.2) is 5.96 Å². The van der Waals surface area contributed by atoms with E-state index in [-0.39, 0.29) is 0 Å². The van der Waals surface area contributed by atoms with Crippen LogP contribution in [0.25, 0.3) is 0 Å². The first-order chi connectivity index (χ1) is 12.7. The predicted octanol–water partition coefficient (Wildman–Crippen LogP) is 2.74. The normalized spacial score (nSPS) is 15.2. The van der Waals surface area contributed by atoms with Crippen molar-refractivity contribution in [3.8, 4) is 0 Å². The topological polar surface area (TPSA) is 65.4 Å². The molecule has 1 aliphatic heterocycles. The summed E-state index contributed by atoms with van der Waals surface area (Å²) in [4.78, 5) is 16.9. The van der Waals surface area contributed by atoms with Crippen molar-refractivity contribution in [2.45, 2.75) is 39.2 Å². The van der Waals surface area contributed by atoms with Gasteiger partial charge in [-0.05, 0) is 43.9 Å². The van der Waals surface area contributed by atoms with Crippen molar-refractivity contribution in [2.75, 3.05) is 31.6 Å². The van der Waals surface area contributed by atoms with Crippen molar-refractivity contribution in [1.29, 1.82) is 0 Å². The zero-order chi connectivity index (χ0) is 18.2. The van der Waals surface area contributed by atoms with E-state index in [1.54, 1.807) is 18.4 Å². The van der Waals surface area contributed by atoms with Crippen LogP contribution in [0.1, 0.15) is 34.7 Å².